The van der Waals surface area contributed by atoms with E-state index in [1.54, 1.807) is 0 Å². The van der Waals surface area contributed by atoms with Crippen LogP contribution in [0, 0.1) is 0 Å². The summed E-state index contributed by atoms with van der Waals surface area (Å²) in [5.41, 5.74) is 3.79. The average Bonchev–Trinajstić information content (AvgIpc) is 3.31. The fourth-order valence-electron chi connectivity index (χ4n) is 3.97. The summed E-state index contributed by atoms with van der Waals surface area (Å²) in [4.78, 5) is 18.2. The van der Waals surface area contributed by atoms with Crippen LogP contribution in [-0.4, -0.2) is 51.0 Å². The van der Waals surface area contributed by atoms with Crippen LogP contribution in [0.1, 0.15) is 46.3 Å². The number of hydrogen-bond donors (Lipinski definition) is 0. The first-order chi connectivity index (χ1) is 12.3. The Balaban J connectivity index is 1.42. The van der Waals surface area contributed by atoms with Crippen LogP contribution >= 0.6 is 11.5 Å². The highest BCUT2D eigenvalue weighted by molar-refractivity contribution is 7.08. The summed E-state index contributed by atoms with van der Waals surface area (Å²) < 4.78 is 4.00. The van der Waals surface area contributed by atoms with Crippen molar-refractivity contribution >= 4 is 17.4 Å². The van der Waals surface area contributed by atoms with Crippen molar-refractivity contribution < 1.29 is 4.79 Å². The van der Waals surface area contributed by atoms with Gasteiger partial charge in [-0.25, -0.2) is 0 Å². The Morgan fingerprint density at radius 2 is 2.12 bits per heavy atom. The minimum Gasteiger partial charge on any atom is -0.336 e. The highest BCUT2D eigenvalue weighted by Crippen LogP contribution is 2.26. The Hall–Kier alpha value is -1.79. The van der Waals surface area contributed by atoms with E-state index in [9.17, 15) is 4.79 Å². The molecule has 4 rings (SSSR count). The molecule has 0 aliphatic carbocycles. The lowest BCUT2D eigenvalue weighted by Gasteiger charge is -2.33. The lowest BCUT2D eigenvalue weighted by molar-refractivity contribution is 0.0777. The van der Waals surface area contributed by atoms with Crippen LogP contribution in [0.25, 0.3) is 0 Å². The van der Waals surface area contributed by atoms with Gasteiger partial charge >= 0.3 is 0 Å². The summed E-state index contributed by atoms with van der Waals surface area (Å²) in [6.07, 6.45) is 3.99. The summed E-state index contributed by atoms with van der Waals surface area (Å²) in [6.45, 7) is 5.86. The zero-order valence-corrected chi connectivity index (χ0v) is 15.5. The maximum atomic E-state index is 12.9. The highest BCUT2D eigenvalue weighted by atomic mass is 32.1. The van der Waals surface area contributed by atoms with Crippen molar-refractivity contribution in [2.24, 2.45) is 0 Å². The van der Waals surface area contributed by atoms with E-state index in [1.807, 2.05) is 4.90 Å². The van der Waals surface area contributed by atoms with Crippen LogP contribution in [-0.2, 0) is 19.4 Å². The quantitative estimate of drug-likeness (QED) is 0.845. The standard InChI is InChI=1S/C19H24N4OS/c1-2-5-17-18(25-21-20-17)19(24)23-11-9-16(13-23)22-10-8-14-6-3-4-7-15(14)12-22/h3-4,6-7,16H,2,5,8-13H2,1H3. The number of aryl methyl sites for hydroxylation is 1. The zero-order valence-electron chi connectivity index (χ0n) is 14.6. The lowest BCUT2D eigenvalue weighted by Crippen LogP contribution is -2.41. The second-order valence-corrected chi connectivity index (χ2v) is 7.74. The molecule has 1 amide bonds. The van der Waals surface area contributed by atoms with Crippen molar-refractivity contribution in [3.05, 3.63) is 46.0 Å². The molecule has 0 bridgehead atoms. The molecule has 2 aliphatic rings. The number of benzene rings is 1. The molecule has 1 unspecified atom stereocenters. The Kier molecular flexibility index (Phi) is 4.81. The van der Waals surface area contributed by atoms with E-state index >= 15 is 0 Å². The van der Waals surface area contributed by atoms with Crippen molar-refractivity contribution in [1.82, 2.24) is 19.4 Å². The number of rotatable bonds is 4. The van der Waals surface area contributed by atoms with Gasteiger partial charge in [-0.3, -0.25) is 9.69 Å². The van der Waals surface area contributed by atoms with E-state index in [0.717, 1.165) is 62.4 Å². The van der Waals surface area contributed by atoms with Crippen LogP contribution in [0.5, 0.6) is 0 Å². The van der Waals surface area contributed by atoms with E-state index in [2.05, 4.69) is 45.7 Å². The lowest BCUT2D eigenvalue weighted by atomic mass is 9.98. The summed E-state index contributed by atoms with van der Waals surface area (Å²) >= 11 is 1.25. The Morgan fingerprint density at radius 1 is 1.28 bits per heavy atom. The van der Waals surface area contributed by atoms with Gasteiger partial charge < -0.3 is 4.90 Å². The maximum Gasteiger partial charge on any atom is 0.267 e. The molecule has 132 valence electrons. The van der Waals surface area contributed by atoms with E-state index < -0.39 is 0 Å². The molecule has 0 N–H and O–H groups in total. The van der Waals surface area contributed by atoms with Gasteiger partial charge in [0.15, 0.2) is 0 Å². The van der Waals surface area contributed by atoms with Gasteiger partial charge in [0.1, 0.15) is 4.88 Å². The van der Waals surface area contributed by atoms with Crippen molar-refractivity contribution in [2.75, 3.05) is 19.6 Å². The summed E-state index contributed by atoms with van der Waals surface area (Å²) in [5.74, 6) is 0.123. The molecule has 2 aliphatic heterocycles. The monoisotopic (exact) mass is 356 g/mol. The Labute approximate surface area is 152 Å². The Bertz CT molecular complexity index is 759. The molecule has 6 heteroatoms. The molecule has 5 nitrogen and oxygen atoms in total. The molecule has 2 aromatic rings. The second-order valence-electron chi connectivity index (χ2n) is 6.98. The number of amides is 1. The van der Waals surface area contributed by atoms with Gasteiger partial charge in [0.2, 0.25) is 0 Å². The van der Waals surface area contributed by atoms with E-state index in [-0.39, 0.29) is 5.91 Å². The highest BCUT2D eigenvalue weighted by Gasteiger charge is 2.33. The van der Waals surface area contributed by atoms with Crippen molar-refractivity contribution in [3.63, 3.8) is 0 Å². The van der Waals surface area contributed by atoms with Crippen molar-refractivity contribution in [2.45, 2.75) is 45.2 Å². The van der Waals surface area contributed by atoms with Gasteiger partial charge in [-0.2, -0.15) is 0 Å². The average molecular weight is 356 g/mol. The molecule has 1 aromatic heterocycles. The molecule has 3 heterocycles. The minimum atomic E-state index is 0.123. The number of likely N-dealkylation sites (tertiary alicyclic amines) is 1. The van der Waals surface area contributed by atoms with Crippen molar-refractivity contribution in [1.29, 1.82) is 0 Å². The van der Waals surface area contributed by atoms with Gasteiger partial charge in [0, 0.05) is 32.2 Å². The zero-order chi connectivity index (χ0) is 17.2. The van der Waals surface area contributed by atoms with Gasteiger partial charge in [0.05, 0.1) is 5.69 Å². The smallest absolute Gasteiger partial charge is 0.267 e. The van der Waals surface area contributed by atoms with E-state index in [4.69, 9.17) is 0 Å². The summed E-state index contributed by atoms with van der Waals surface area (Å²) in [6, 6.07) is 9.19. The fraction of sp³-hybridized carbons (Fsp3) is 0.526. The predicted octanol–water partition coefficient (Wildman–Crippen LogP) is 2.76. The van der Waals surface area contributed by atoms with Crippen LogP contribution in [0.4, 0.5) is 0 Å². The third-order valence-electron chi connectivity index (χ3n) is 5.36. The topological polar surface area (TPSA) is 49.3 Å². The fourth-order valence-corrected chi connectivity index (χ4v) is 4.65. The number of hydrogen-bond acceptors (Lipinski definition) is 5. The first-order valence-electron chi connectivity index (χ1n) is 9.17. The molecular weight excluding hydrogens is 332 g/mol. The van der Waals surface area contributed by atoms with Crippen molar-refractivity contribution in [3.8, 4) is 0 Å². The normalized spacial score (nSPS) is 20.7. The molecule has 0 radical (unpaired) electrons. The van der Waals surface area contributed by atoms with Gasteiger partial charge in [-0.1, -0.05) is 42.1 Å². The number of fused-ring (bicyclic) bond motifs is 1. The van der Waals surface area contributed by atoms with Gasteiger partial charge in [-0.15, -0.1) is 5.10 Å². The maximum absolute atomic E-state index is 12.9. The molecule has 25 heavy (non-hydrogen) atoms. The van der Waals surface area contributed by atoms with Crippen LogP contribution in [0.2, 0.25) is 0 Å². The molecular formula is C19H24N4OS. The molecule has 1 aromatic carbocycles. The SMILES string of the molecule is CCCc1nnsc1C(=O)N1CCC(N2CCc3ccccc3C2)C1. The first-order valence-corrected chi connectivity index (χ1v) is 9.95. The van der Waals surface area contributed by atoms with Crippen LogP contribution < -0.4 is 0 Å². The minimum absolute atomic E-state index is 0.123. The number of aromatic nitrogens is 2. The number of carbonyl (C=O) groups is 1. The summed E-state index contributed by atoms with van der Waals surface area (Å²) in [7, 11) is 0. The van der Waals surface area contributed by atoms with Gasteiger partial charge in [0.25, 0.3) is 5.91 Å². The molecule has 0 spiro atoms. The molecule has 1 atom stereocenters. The largest absolute Gasteiger partial charge is 0.336 e. The third kappa shape index (κ3) is 3.33. The summed E-state index contributed by atoms with van der Waals surface area (Å²) in [5, 5.41) is 4.14. The third-order valence-corrected chi connectivity index (χ3v) is 6.12. The Morgan fingerprint density at radius 3 is 2.96 bits per heavy atom. The molecule has 1 saturated heterocycles. The number of nitrogens with zero attached hydrogens (tertiary/aromatic N) is 4. The van der Waals surface area contributed by atoms with Crippen LogP contribution in [0.15, 0.2) is 24.3 Å². The first kappa shape index (κ1) is 16.7. The van der Waals surface area contributed by atoms with E-state index in [0.29, 0.717) is 6.04 Å². The number of carbonyl (C=O) groups excluding carboxylic acids is 1. The molecule has 1 fully saturated rings. The second kappa shape index (κ2) is 7.22. The van der Waals surface area contributed by atoms with Crippen LogP contribution in [0.3, 0.4) is 0 Å². The van der Waals surface area contributed by atoms with E-state index in [1.165, 1.54) is 22.7 Å². The van der Waals surface area contributed by atoms with Gasteiger partial charge in [-0.05, 0) is 41.9 Å². The molecule has 0 saturated carbocycles. The predicted molar refractivity (Wildman–Crippen MR) is 98.8 cm³/mol.